The summed E-state index contributed by atoms with van der Waals surface area (Å²) in [6.45, 7) is 0. The highest BCUT2D eigenvalue weighted by Gasteiger charge is 2.17. The average molecular weight is 210 g/mol. The number of rotatable bonds is 2. The fourth-order valence-corrected chi connectivity index (χ4v) is 0.957. The van der Waals surface area contributed by atoms with Crippen LogP contribution in [0.4, 0.5) is 14.6 Å². The quantitative estimate of drug-likeness (QED) is 0.556. The Hall–Kier alpha value is -1.43. The van der Waals surface area contributed by atoms with Crippen molar-refractivity contribution in [1.29, 1.82) is 0 Å². The van der Waals surface area contributed by atoms with E-state index in [-0.39, 0.29) is 0 Å². The molecule has 70 valence electrons. The van der Waals surface area contributed by atoms with Crippen LogP contribution in [0.2, 0.25) is 5.02 Å². The van der Waals surface area contributed by atoms with Gasteiger partial charge in [0.15, 0.2) is 5.82 Å². The molecular weight excluding hydrogens is 208 g/mol. The minimum Gasteiger partial charge on any atom is -0.290 e. The summed E-state index contributed by atoms with van der Waals surface area (Å²) in [5.74, 6) is -2.08. The molecule has 0 aromatic heterocycles. The van der Waals surface area contributed by atoms with E-state index in [4.69, 9.17) is 11.6 Å². The summed E-state index contributed by atoms with van der Waals surface area (Å²) in [6.07, 6.45) is 0. The predicted molar refractivity (Wildman–Crippen MR) is 39.8 cm³/mol. The number of benzene rings is 1. The Labute approximate surface area is 75.7 Å². The molecule has 0 atom stereocenters. The number of hydrogen-bond acceptors (Lipinski definition) is 3. The number of nitrogens with zero attached hydrogens (tertiary/aromatic N) is 1. The second kappa shape index (κ2) is 3.53. The summed E-state index contributed by atoms with van der Waals surface area (Å²) < 4.78 is 24.3. The molecule has 0 radical (unpaired) electrons. The molecule has 0 N–H and O–H groups in total. The van der Waals surface area contributed by atoms with Gasteiger partial charge < -0.3 is 0 Å². The molecule has 0 bridgehead atoms. The molecule has 0 fully saturated rings. The van der Waals surface area contributed by atoms with Crippen molar-refractivity contribution in [2.75, 3.05) is 0 Å². The highest BCUT2D eigenvalue weighted by molar-refractivity contribution is 6.32. The Morgan fingerprint density at radius 1 is 1.54 bits per heavy atom. The number of halogens is 3. The van der Waals surface area contributed by atoms with E-state index in [9.17, 15) is 19.0 Å². The van der Waals surface area contributed by atoms with Gasteiger partial charge in [-0.25, -0.2) is 4.39 Å². The van der Waals surface area contributed by atoms with E-state index in [2.05, 4.69) is 4.94 Å². The van der Waals surface area contributed by atoms with Crippen molar-refractivity contribution in [3.63, 3.8) is 0 Å². The standard InChI is InChI=1S/C6H2ClF2NO3/c7-4-1-3(10(11)12)2-5(8)6(4)13-9/h1-2H. The van der Waals surface area contributed by atoms with Crippen LogP contribution in [0.15, 0.2) is 12.1 Å². The third-order valence-corrected chi connectivity index (χ3v) is 1.55. The van der Waals surface area contributed by atoms with Crippen molar-refractivity contribution >= 4 is 17.3 Å². The van der Waals surface area contributed by atoms with Gasteiger partial charge >= 0.3 is 0 Å². The molecule has 0 unspecified atom stereocenters. The van der Waals surface area contributed by atoms with E-state index in [0.29, 0.717) is 6.07 Å². The van der Waals surface area contributed by atoms with Crippen LogP contribution < -0.4 is 4.94 Å². The zero-order valence-corrected chi connectivity index (χ0v) is 6.72. The smallest absolute Gasteiger partial charge is 0.274 e. The van der Waals surface area contributed by atoms with Gasteiger partial charge in [0.05, 0.1) is 16.0 Å². The molecule has 7 heteroatoms. The molecule has 0 saturated carbocycles. The number of hydrogen-bond donors (Lipinski definition) is 0. The third kappa shape index (κ3) is 1.83. The number of nitro groups is 1. The van der Waals surface area contributed by atoms with Gasteiger partial charge in [-0.05, 0) is 0 Å². The molecule has 0 aliphatic heterocycles. The first kappa shape index (κ1) is 9.66. The highest BCUT2D eigenvalue weighted by atomic mass is 35.5. The first-order valence-electron chi connectivity index (χ1n) is 2.98. The van der Waals surface area contributed by atoms with Crippen molar-refractivity contribution in [3.05, 3.63) is 33.1 Å². The lowest BCUT2D eigenvalue weighted by Gasteiger charge is -1.98. The first-order valence-corrected chi connectivity index (χ1v) is 3.36. The molecule has 0 saturated heterocycles. The van der Waals surface area contributed by atoms with Crippen LogP contribution >= 0.6 is 11.6 Å². The Bertz CT molecular complexity index is 335. The average Bonchev–Trinajstić information content (AvgIpc) is 2.03. The van der Waals surface area contributed by atoms with Crippen LogP contribution in [0.3, 0.4) is 0 Å². The monoisotopic (exact) mass is 209 g/mol. The normalized spacial score (nSPS) is 9.77. The molecule has 0 spiro atoms. The van der Waals surface area contributed by atoms with Gasteiger partial charge in [0.25, 0.3) is 5.69 Å². The summed E-state index contributed by atoms with van der Waals surface area (Å²) in [6, 6.07) is 1.31. The van der Waals surface area contributed by atoms with Crippen LogP contribution in [-0.2, 0) is 0 Å². The van der Waals surface area contributed by atoms with Crippen molar-refractivity contribution < 1.29 is 18.8 Å². The van der Waals surface area contributed by atoms with Crippen molar-refractivity contribution in [3.8, 4) is 5.75 Å². The molecular formula is C6H2ClF2NO3. The molecule has 13 heavy (non-hydrogen) atoms. The minimum atomic E-state index is -1.22. The van der Waals surface area contributed by atoms with Crippen LogP contribution in [0.1, 0.15) is 0 Å². The molecule has 0 amide bonds. The van der Waals surface area contributed by atoms with Crippen LogP contribution in [0.25, 0.3) is 0 Å². The van der Waals surface area contributed by atoms with E-state index in [0.717, 1.165) is 6.07 Å². The van der Waals surface area contributed by atoms with Gasteiger partial charge in [-0.2, -0.15) is 0 Å². The highest BCUT2D eigenvalue weighted by Crippen LogP contribution is 2.32. The van der Waals surface area contributed by atoms with E-state index >= 15 is 0 Å². The van der Waals surface area contributed by atoms with Gasteiger partial charge in [-0.15, -0.1) is 0 Å². The maximum atomic E-state index is 12.7. The maximum absolute atomic E-state index is 12.7. The summed E-state index contributed by atoms with van der Waals surface area (Å²) in [5.41, 5.74) is -0.566. The summed E-state index contributed by atoms with van der Waals surface area (Å²) in [4.78, 5) is 12.4. The summed E-state index contributed by atoms with van der Waals surface area (Å²) in [7, 11) is 0. The SMILES string of the molecule is O=[N+]([O-])c1cc(F)c(OF)c(Cl)c1. The van der Waals surface area contributed by atoms with Gasteiger partial charge in [0.2, 0.25) is 5.75 Å². The van der Waals surface area contributed by atoms with Crippen LogP contribution in [0, 0.1) is 15.9 Å². The van der Waals surface area contributed by atoms with Crippen molar-refractivity contribution in [2.24, 2.45) is 0 Å². The number of non-ortho nitro benzene ring substituents is 1. The first-order chi connectivity index (χ1) is 6.06. The summed E-state index contributed by atoms with van der Waals surface area (Å²) >= 11 is 5.27. The molecule has 1 aromatic carbocycles. The van der Waals surface area contributed by atoms with E-state index in [1.54, 1.807) is 0 Å². The Balaban J connectivity index is 3.28. The number of nitro benzene ring substituents is 1. The fourth-order valence-electron chi connectivity index (χ4n) is 0.726. The van der Waals surface area contributed by atoms with Gasteiger partial charge in [0.1, 0.15) is 0 Å². The van der Waals surface area contributed by atoms with Crippen LogP contribution in [0.5, 0.6) is 5.75 Å². The third-order valence-electron chi connectivity index (χ3n) is 1.27. The minimum absolute atomic E-state index is 0.491. The lowest BCUT2D eigenvalue weighted by atomic mass is 10.3. The Morgan fingerprint density at radius 3 is 2.54 bits per heavy atom. The van der Waals surface area contributed by atoms with Gasteiger partial charge in [-0.3, -0.25) is 15.1 Å². The second-order valence-electron chi connectivity index (χ2n) is 2.07. The van der Waals surface area contributed by atoms with Crippen LogP contribution in [-0.4, -0.2) is 4.92 Å². The van der Waals surface area contributed by atoms with Gasteiger partial charge in [0, 0.05) is 10.6 Å². The zero-order valence-electron chi connectivity index (χ0n) is 5.96. The fraction of sp³-hybridized carbons (Fsp3) is 0. The molecule has 0 heterocycles. The Kier molecular flexibility index (Phi) is 2.62. The second-order valence-corrected chi connectivity index (χ2v) is 2.48. The van der Waals surface area contributed by atoms with Crippen molar-refractivity contribution in [2.45, 2.75) is 0 Å². The summed E-state index contributed by atoms with van der Waals surface area (Å²) in [5, 5.41) is 9.66. The molecule has 1 rings (SSSR count). The van der Waals surface area contributed by atoms with E-state index in [1.807, 2.05) is 0 Å². The van der Waals surface area contributed by atoms with Crippen molar-refractivity contribution in [1.82, 2.24) is 0 Å². The lowest BCUT2D eigenvalue weighted by Crippen LogP contribution is -1.91. The van der Waals surface area contributed by atoms with Gasteiger partial charge in [-0.1, -0.05) is 11.6 Å². The molecule has 0 aliphatic rings. The zero-order chi connectivity index (χ0) is 10.0. The largest absolute Gasteiger partial charge is 0.290 e. The molecule has 4 nitrogen and oxygen atoms in total. The Morgan fingerprint density at radius 2 is 2.15 bits per heavy atom. The molecule has 0 aliphatic carbocycles. The van der Waals surface area contributed by atoms with E-state index in [1.165, 1.54) is 0 Å². The lowest BCUT2D eigenvalue weighted by molar-refractivity contribution is -0.385. The molecule has 1 aromatic rings. The maximum Gasteiger partial charge on any atom is 0.274 e. The topological polar surface area (TPSA) is 52.4 Å². The van der Waals surface area contributed by atoms with E-state index < -0.39 is 27.2 Å². The predicted octanol–water partition coefficient (Wildman–Crippen LogP) is 2.65.